The minimum absolute atomic E-state index is 0.270. The third-order valence-corrected chi connectivity index (χ3v) is 5.16. The molecule has 3 aromatic rings. The van der Waals surface area contributed by atoms with Crippen LogP contribution in [0.2, 0.25) is 0 Å². The number of benzene rings is 3. The third kappa shape index (κ3) is 3.00. The van der Waals surface area contributed by atoms with Gasteiger partial charge in [-0.05, 0) is 37.4 Å². The molecule has 1 saturated heterocycles. The average Bonchev–Trinajstić information content (AvgIpc) is 2.96. The molecule has 0 bridgehead atoms. The van der Waals surface area contributed by atoms with Crippen molar-refractivity contribution < 1.29 is 9.59 Å². The molecule has 29 heavy (non-hydrogen) atoms. The lowest BCUT2D eigenvalue weighted by atomic mass is 9.81. The Hall–Kier alpha value is -3.44. The molecule has 1 heterocycles. The number of hydrogen-bond acceptors (Lipinski definition) is 3. The molecule has 146 valence electrons. The highest BCUT2D eigenvalue weighted by molar-refractivity contribution is 6.24. The van der Waals surface area contributed by atoms with E-state index in [4.69, 9.17) is 0 Å². The molecule has 0 spiro atoms. The van der Waals surface area contributed by atoms with Crippen molar-refractivity contribution in [2.75, 3.05) is 25.7 Å². The molecule has 0 aromatic heterocycles. The van der Waals surface area contributed by atoms with E-state index in [2.05, 4.69) is 0 Å². The Bertz CT molecular complexity index is 965. The summed E-state index contributed by atoms with van der Waals surface area (Å²) in [5.74, 6) is -0.270. The molecule has 0 unspecified atom stereocenters. The van der Waals surface area contributed by atoms with Gasteiger partial charge in [-0.2, -0.15) is 0 Å². The number of amides is 3. The summed E-state index contributed by atoms with van der Waals surface area (Å²) in [5, 5.41) is 0. The van der Waals surface area contributed by atoms with Gasteiger partial charge in [0.15, 0.2) is 5.54 Å². The minimum Gasteiger partial charge on any atom is -0.292 e. The molecule has 1 aliphatic heterocycles. The third-order valence-electron chi connectivity index (χ3n) is 5.16. The zero-order chi connectivity index (χ0) is 20.4. The number of urea groups is 1. The number of carbonyl (C=O) groups is 2. The molecule has 1 aliphatic rings. The van der Waals surface area contributed by atoms with Gasteiger partial charge in [0.1, 0.15) is 0 Å². The molecule has 3 aromatic carbocycles. The van der Waals surface area contributed by atoms with E-state index >= 15 is 0 Å². The first-order valence-electron chi connectivity index (χ1n) is 9.54. The largest absolute Gasteiger partial charge is 0.333 e. The topological polar surface area (TPSA) is 43.9 Å². The molecule has 5 heteroatoms. The van der Waals surface area contributed by atoms with Crippen LogP contribution in [0.15, 0.2) is 91.0 Å². The van der Waals surface area contributed by atoms with E-state index in [1.54, 1.807) is 17.0 Å². The number of nitrogens with zero attached hydrogens (tertiary/aromatic N) is 3. The Labute approximate surface area is 170 Å². The maximum atomic E-state index is 14.1. The van der Waals surface area contributed by atoms with Crippen LogP contribution >= 0.6 is 0 Å². The van der Waals surface area contributed by atoms with E-state index in [0.717, 1.165) is 11.1 Å². The summed E-state index contributed by atoms with van der Waals surface area (Å²) >= 11 is 0. The van der Waals surface area contributed by atoms with Gasteiger partial charge >= 0.3 is 6.03 Å². The van der Waals surface area contributed by atoms with Crippen LogP contribution in [-0.2, 0) is 10.3 Å². The van der Waals surface area contributed by atoms with Crippen molar-refractivity contribution in [2.45, 2.75) is 5.54 Å². The molecule has 3 amide bonds. The highest BCUT2D eigenvalue weighted by Crippen LogP contribution is 2.44. The lowest BCUT2D eigenvalue weighted by Crippen LogP contribution is -2.51. The second kappa shape index (κ2) is 7.53. The Morgan fingerprint density at radius 2 is 1.17 bits per heavy atom. The van der Waals surface area contributed by atoms with Crippen molar-refractivity contribution in [3.8, 4) is 0 Å². The average molecular weight is 385 g/mol. The van der Waals surface area contributed by atoms with Gasteiger partial charge in [-0.3, -0.25) is 14.6 Å². The van der Waals surface area contributed by atoms with E-state index in [1.165, 1.54) is 4.90 Å². The molecular weight excluding hydrogens is 362 g/mol. The molecule has 4 rings (SSSR count). The Morgan fingerprint density at radius 1 is 0.724 bits per heavy atom. The number of para-hydroxylation sites is 1. The van der Waals surface area contributed by atoms with E-state index in [1.807, 2.05) is 97.9 Å². The van der Waals surface area contributed by atoms with Crippen molar-refractivity contribution in [1.82, 2.24) is 9.80 Å². The van der Waals surface area contributed by atoms with Crippen LogP contribution in [0.3, 0.4) is 0 Å². The summed E-state index contributed by atoms with van der Waals surface area (Å²) in [7, 11) is 3.79. The molecular formula is C24H23N3O2. The van der Waals surface area contributed by atoms with Gasteiger partial charge < -0.3 is 0 Å². The molecule has 0 saturated carbocycles. The van der Waals surface area contributed by atoms with Crippen molar-refractivity contribution >= 4 is 17.6 Å². The molecule has 5 nitrogen and oxygen atoms in total. The van der Waals surface area contributed by atoms with E-state index in [-0.39, 0.29) is 11.9 Å². The highest BCUT2D eigenvalue weighted by Gasteiger charge is 2.59. The predicted molar refractivity (Wildman–Crippen MR) is 113 cm³/mol. The van der Waals surface area contributed by atoms with Crippen LogP contribution in [-0.4, -0.2) is 42.5 Å². The van der Waals surface area contributed by atoms with Gasteiger partial charge in [0.25, 0.3) is 5.91 Å². The van der Waals surface area contributed by atoms with Gasteiger partial charge in [-0.1, -0.05) is 78.9 Å². The van der Waals surface area contributed by atoms with Gasteiger partial charge in [-0.15, -0.1) is 0 Å². The normalized spacial score (nSPS) is 16.0. The highest BCUT2D eigenvalue weighted by atomic mass is 16.2. The van der Waals surface area contributed by atoms with Crippen molar-refractivity contribution in [3.63, 3.8) is 0 Å². The van der Waals surface area contributed by atoms with Crippen LogP contribution in [0, 0.1) is 0 Å². The Balaban J connectivity index is 2.00. The molecule has 0 atom stereocenters. The van der Waals surface area contributed by atoms with Gasteiger partial charge in [-0.25, -0.2) is 9.69 Å². The predicted octanol–water partition coefficient (Wildman–Crippen LogP) is 3.92. The second-order valence-electron chi connectivity index (χ2n) is 7.35. The molecule has 0 aliphatic carbocycles. The van der Waals surface area contributed by atoms with E-state index in [9.17, 15) is 9.59 Å². The first-order valence-corrected chi connectivity index (χ1v) is 9.54. The number of rotatable bonds is 5. The number of imide groups is 1. The van der Waals surface area contributed by atoms with Crippen LogP contribution in [0.25, 0.3) is 0 Å². The number of carbonyl (C=O) groups excluding carboxylic acids is 2. The van der Waals surface area contributed by atoms with Crippen molar-refractivity contribution in [3.05, 3.63) is 102 Å². The lowest BCUT2D eigenvalue weighted by molar-refractivity contribution is -0.124. The fourth-order valence-electron chi connectivity index (χ4n) is 3.97. The molecule has 0 radical (unpaired) electrons. The first-order chi connectivity index (χ1) is 14.1. The minimum atomic E-state index is -1.24. The van der Waals surface area contributed by atoms with Crippen LogP contribution in [0.4, 0.5) is 10.5 Å². The van der Waals surface area contributed by atoms with Gasteiger partial charge in [0.2, 0.25) is 0 Å². The van der Waals surface area contributed by atoms with E-state index < -0.39 is 5.54 Å². The van der Waals surface area contributed by atoms with Crippen molar-refractivity contribution in [2.24, 2.45) is 0 Å². The van der Waals surface area contributed by atoms with E-state index in [0.29, 0.717) is 12.4 Å². The maximum Gasteiger partial charge on any atom is 0.333 e. The summed E-state index contributed by atoms with van der Waals surface area (Å²) in [6.07, 6.45) is 0. The zero-order valence-electron chi connectivity index (χ0n) is 16.5. The zero-order valence-corrected chi connectivity index (χ0v) is 16.5. The summed E-state index contributed by atoms with van der Waals surface area (Å²) in [6.45, 7) is 0.303. The Kier molecular flexibility index (Phi) is 4.91. The van der Waals surface area contributed by atoms with Crippen molar-refractivity contribution in [1.29, 1.82) is 0 Å². The quantitative estimate of drug-likeness (QED) is 0.626. The summed E-state index contributed by atoms with van der Waals surface area (Å²) in [5.41, 5.74) is 0.870. The molecule has 0 N–H and O–H groups in total. The Morgan fingerprint density at radius 3 is 1.62 bits per heavy atom. The fourth-order valence-corrected chi connectivity index (χ4v) is 3.97. The van der Waals surface area contributed by atoms with Crippen LogP contribution in [0.1, 0.15) is 11.1 Å². The fraction of sp³-hybridized carbons (Fsp3) is 0.167. The maximum absolute atomic E-state index is 14.1. The summed E-state index contributed by atoms with van der Waals surface area (Å²) < 4.78 is 0. The number of anilines is 1. The SMILES string of the molecule is CN(C)CN1C(=O)N(c2ccccc2)C(=O)C1(c1ccccc1)c1ccccc1. The number of hydrogen-bond donors (Lipinski definition) is 0. The smallest absolute Gasteiger partial charge is 0.292 e. The van der Waals surface area contributed by atoms with Gasteiger partial charge in [0, 0.05) is 0 Å². The van der Waals surface area contributed by atoms with Gasteiger partial charge in [0.05, 0.1) is 12.4 Å². The second-order valence-corrected chi connectivity index (χ2v) is 7.35. The molecule has 1 fully saturated rings. The van der Waals surface area contributed by atoms with Crippen LogP contribution < -0.4 is 4.90 Å². The summed E-state index contributed by atoms with van der Waals surface area (Å²) in [6, 6.07) is 27.8. The monoisotopic (exact) mass is 385 g/mol. The van der Waals surface area contributed by atoms with Crippen LogP contribution in [0.5, 0.6) is 0 Å². The standard InChI is InChI=1S/C24H23N3O2/c1-25(2)18-26-23(29)27(21-16-10-5-11-17-21)22(28)24(26,19-12-6-3-7-13-19)20-14-8-4-9-15-20/h3-17H,18H2,1-2H3. The first kappa shape index (κ1) is 18.9. The lowest BCUT2D eigenvalue weighted by Gasteiger charge is -2.37. The summed E-state index contributed by atoms with van der Waals surface area (Å²) in [4.78, 5) is 32.6.